The molecule has 2 atom stereocenters. The van der Waals surface area contributed by atoms with Gasteiger partial charge in [0, 0.05) is 23.9 Å². The van der Waals surface area contributed by atoms with Gasteiger partial charge in [0.15, 0.2) is 5.11 Å². The highest BCUT2D eigenvalue weighted by Crippen LogP contribution is 2.41. The van der Waals surface area contributed by atoms with Crippen LogP contribution in [0.4, 0.5) is 5.69 Å². The smallest absolute Gasteiger partial charge is 0.269 e. The van der Waals surface area contributed by atoms with E-state index in [2.05, 4.69) is 10.3 Å². The zero-order valence-corrected chi connectivity index (χ0v) is 17.6. The molecule has 4 heterocycles. The molecule has 9 heteroatoms. The highest BCUT2D eigenvalue weighted by Gasteiger charge is 2.42. The number of nitrogens with one attached hydrogen (secondary N) is 1. The maximum atomic E-state index is 10.9. The molecule has 32 heavy (non-hydrogen) atoms. The Morgan fingerprint density at radius 1 is 1.09 bits per heavy atom. The zero-order valence-electron chi connectivity index (χ0n) is 16.8. The first kappa shape index (κ1) is 20.0. The van der Waals surface area contributed by atoms with Crippen molar-refractivity contribution < 1.29 is 13.8 Å². The number of hydrogen-bond acceptors (Lipinski definition) is 6. The van der Waals surface area contributed by atoms with Crippen molar-refractivity contribution >= 4 is 23.0 Å². The van der Waals surface area contributed by atoms with Crippen molar-refractivity contribution in [1.29, 1.82) is 0 Å². The molecule has 1 fully saturated rings. The highest BCUT2D eigenvalue weighted by atomic mass is 32.1. The molecule has 5 rings (SSSR count). The van der Waals surface area contributed by atoms with Gasteiger partial charge in [-0.15, -0.1) is 0 Å². The average molecular weight is 446 g/mol. The average Bonchev–Trinajstić information content (AvgIpc) is 3.56. The normalized spacial score (nSPS) is 18.0. The fraction of sp³-hybridized carbons (Fsp3) is 0.130. The van der Waals surface area contributed by atoms with E-state index < -0.39 is 4.92 Å². The Labute approximate surface area is 188 Å². The van der Waals surface area contributed by atoms with Gasteiger partial charge in [-0.1, -0.05) is 6.07 Å². The van der Waals surface area contributed by atoms with Gasteiger partial charge >= 0.3 is 0 Å². The van der Waals surface area contributed by atoms with Crippen LogP contribution in [0.25, 0.3) is 11.3 Å². The summed E-state index contributed by atoms with van der Waals surface area (Å²) in [4.78, 5) is 17.1. The second-order valence-electron chi connectivity index (χ2n) is 7.34. The van der Waals surface area contributed by atoms with Crippen LogP contribution in [0.5, 0.6) is 0 Å². The van der Waals surface area contributed by atoms with Crippen molar-refractivity contribution in [2.75, 3.05) is 0 Å². The first-order valence-corrected chi connectivity index (χ1v) is 10.4. The zero-order chi connectivity index (χ0) is 22.1. The molecule has 3 aromatic heterocycles. The van der Waals surface area contributed by atoms with E-state index in [1.807, 2.05) is 47.4 Å². The second-order valence-corrected chi connectivity index (χ2v) is 7.73. The van der Waals surface area contributed by atoms with Crippen LogP contribution in [-0.4, -0.2) is 19.9 Å². The minimum absolute atomic E-state index is 0.0331. The molecule has 1 aliphatic rings. The number of thiocarbonyl (C=S) groups is 1. The summed E-state index contributed by atoms with van der Waals surface area (Å²) in [5.74, 6) is 2.10. The number of nitrogens with zero attached hydrogens (tertiary/aromatic N) is 3. The van der Waals surface area contributed by atoms with Crippen molar-refractivity contribution in [2.45, 2.75) is 18.6 Å². The molecule has 1 saturated heterocycles. The Bertz CT molecular complexity index is 1240. The fourth-order valence-corrected chi connectivity index (χ4v) is 4.17. The predicted octanol–water partition coefficient (Wildman–Crippen LogP) is 5.02. The topological polar surface area (TPSA) is 97.6 Å². The van der Waals surface area contributed by atoms with E-state index in [0.717, 1.165) is 17.0 Å². The summed E-state index contributed by atoms with van der Waals surface area (Å²) in [5, 5.41) is 14.9. The maximum absolute atomic E-state index is 10.9. The summed E-state index contributed by atoms with van der Waals surface area (Å²) in [7, 11) is 0. The number of furan rings is 2. The third kappa shape index (κ3) is 3.74. The SMILES string of the molecule is O=[N+]([O-])c1ccc(-c2ccc(C3C(c4ccccn4)NC(=S)N3Cc3ccco3)o2)cc1. The van der Waals surface area contributed by atoms with Crippen LogP contribution >= 0.6 is 12.2 Å². The quantitative estimate of drug-likeness (QED) is 0.251. The number of rotatable bonds is 6. The van der Waals surface area contributed by atoms with Crippen molar-refractivity contribution in [3.63, 3.8) is 0 Å². The summed E-state index contributed by atoms with van der Waals surface area (Å²) < 4.78 is 11.8. The van der Waals surface area contributed by atoms with Crippen molar-refractivity contribution in [2.24, 2.45) is 0 Å². The summed E-state index contributed by atoms with van der Waals surface area (Å²) in [6, 6.07) is 19.1. The molecule has 0 amide bonds. The fourth-order valence-electron chi connectivity index (χ4n) is 3.87. The highest BCUT2D eigenvalue weighted by molar-refractivity contribution is 7.80. The molecular weight excluding hydrogens is 428 g/mol. The van der Waals surface area contributed by atoms with Gasteiger partial charge in [0.05, 0.1) is 29.5 Å². The van der Waals surface area contributed by atoms with Crippen LogP contribution in [0.15, 0.2) is 88.0 Å². The molecule has 0 bridgehead atoms. The Hall–Kier alpha value is -3.98. The first-order valence-electron chi connectivity index (χ1n) is 9.95. The lowest BCUT2D eigenvalue weighted by Gasteiger charge is -2.25. The van der Waals surface area contributed by atoms with E-state index >= 15 is 0 Å². The van der Waals surface area contributed by atoms with Crippen molar-refractivity contribution in [3.8, 4) is 11.3 Å². The number of nitro groups is 1. The minimum atomic E-state index is -0.424. The van der Waals surface area contributed by atoms with Crippen LogP contribution in [0.2, 0.25) is 0 Å². The molecular formula is C23H18N4O4S. The van der Waals surface area contributed by atoms with E-state index in [1.54, 1.807) is 24.6 Å². The van der Waals surface area contributed by atoms with E-state index in [1.165, 1.54) is 12.1 Å². The third-order valence-electron chi connectivity index (χ3n) is 5.38. The van der Waals surface area contributed by atoms with Crippen LogP contribution in [0.3, 0.4) is 0 Å². The van der Waals surface area contributed by atoms with Gasteiger partial charge < -0.3 is 19.1 Å². The molecule has 0 aliphatic carbocycles. The van der Waals surface area contributed by atoms with Gasteiger partial charge in [-0.2, -0.15) is 0 Å². The molecule has 1 N–H and O–H groups in total. The van der Waals surface area contributed by atoms with Gasteiger partial charge in [0.2, 0.25) is 0 Å². The lowest BCUT2D eigenvalue weighted by molar-refractivity contribution is -0.384. The molecule has 8 nitrogen and oxygen atoms in total. The number of aromatic nitrogens is 1. The molecule has 4 aromatic rings. The molecule has 0 spiro atoms. The van der Waals surface area contributed by atoms with Crippen LogP contribution < -0.4 is 5.32 Å². The van der Waals surface area contributed by atoms with E-state index in [9.17, 15) is 10.1 Å². The maximum Gasteiger partial charge on any atom is 0.269 e. The molecule has 0 saturated carbocycles. The monoisotopic (exact) mass is 446 g/mol. The van der Waals surface area contributed by atoms with Gasteiger partial charge in [0.25, 0.3) is 5.69 Å². The number of nitro benzene ring substituents is 1. The summed E-state index contributed by atoms with van der Waals surface area (Å²) >= 11 is 5.65. The number of hydrogen-bond donors (Lipinski definition) is 1. The van der Waals surface area contributed by atoms with Crippen LogP contribution in [0.1, 0.15) is 29.3 Å². The van der Waals surface area contributed by atoms with E-state index in [0.29, 0.717) is 23.2 Å². The molecule has 0 radical (unpaired) electrons. The van der Waals surface area contributed by atoms with Gasteiger partial charge in [-0.25, -0.2) is 0 Å². The standard InChI is InChI=1S/C23H18N4O4S/c28-27(29)16-8-6-15(7-9-16)19-10-11-20(31-19)22-21(18-5-1-2-12-24-18)25-23(32)26(22)14-17-4-3-13-30-17/h1-13,21-22H,14H2,(H,25,32). The van der Waals surface area contributed by atoms with E-state index in [4.69, 9.17) is 21.1 Å². The summed E-state index contributed by atoms with van der Waals surface area (Å²) in [6.45, 7) is 0.473. The molecule has 1 aromatic carbocycles. The van der Waals surface area contributed by atoms with E-state index in [-0.39, 0.29) is 17.8 Å². The largest absolute Gasteiger partial charge is 0.467 e. The summed E-state index contributed by atoms with van der Waals surface area (Å²) in [5.41, 5.74) is 1.63. The predicted molar refractivity (Wildman–Crippen MR) is 121 cm³/mol. The number of pyridine rings is 1. The summed E-state index contributed by atoms with van der Waals surface area (Å²) in [6.07, 6.45) is 3.38. The lowest BCUT2D eigenvalue weighted by Crippen LogP contribution is -2.28. The Morgan fingerprint density at radius 2 is 1.94 bits per heavy atom. The van der Waals surface area contributed by atoms with Crippen molar-refractivity contribution in [1.82, 2.24) is 15.2 Å². The first-order chi connectivity index (χ1) is 15.6. The van der Waals surface area contributed by atoms with Gasteiger partial charge in [-0.05, 0) is 60.7 Å². The molecule has 1 aliphatic heterocycles. The Kier molecular flexibility index (Phi) is 5.16. The van der Waals surface area contributed by atoms with Crippen LogP contribution in [-0.2, 0) is 6.54 Å². The molecule has 160 valence electrons. The van der Waals surface area contributed by atoms with Crippen molar-refractivity contribution in [3.05, 3.63) is 107 Å². The van der Waals surface area contributed by atoms with Crippen LogP contribution in [0, 0.1) is 10.1 Å². The third-order valence-corrected chi connectivity index (χ3v) is 5.74. The number of benzene rings is 1. The lowest BCUT2D eigenvalue weighted by atomic mass is 10.0. The minimum Gasteiger partial charge on any atom is -0.467 e. The second kappa shape index (κ2) is 8.27. The Balaban J connectivity index is 1.51. The van der Waals surface area contributed by atoms with Gasteiger partial charge in [0.1, 0.15) is 23.3 Å². The van der Waals surface area contributed by atoms with Gasteiger partial charge in [-0.3, -0.25) is 15.1 Å². The number of non-ortho nitro benzene ring substituents is 1. The molecule has 2 unspecified atom stereocenters. The Morgan fingerprint density at radius 3 is 2.62 bits per heavy atom.